The zero-order valence-corrected chi connectivity index (χ0v) is 7.46. The van der Waals surface area contributed by atoms with Crippen LogP contribution in [0.4, 0.5) is 5.69 Å². The summed E-state index contributed by atoms with van der Waals surface area (Å²) < 4.78 is 7.95. The smallest absolute Gasteiger partial charge is 0.0444 e. The molecule has 0 radical (unpaired) electrons. The number of allylic oxidation sites excluding steroid dienone is 1. The molecule has 1 heterocycles. The van der Waals surface area contributed by atoms with Gasteiger partial charge in [-0.05, 0) is 24.1 Å². The number of aryl methyl sites for hydroxylation is 1. The second-order valence-corrected chi connectivity index (χ2v) is 3.20. The van der Waals surface area contributed by atoms with Crippen molar-refractivity contribution >= 4 is 5.69 Å². The van der Waals surface area contributed by atoms with Crippen LogP contribution in [-0.4, -0.2) is 7.05 Å². The molecule has 1 atom stereocenters. The van der Waals surface area contributed by atoms with Gasteiger partial charge in [-0.2, -0.15) is 0 Å². The minimum atomic E-state index is -0.277. The molecule has 0 saturated carbocycles. The van der Waals surface area contributed by atoms with E-state index >= 15 is 0 Å². The normalized spacial score (nSPS) is 22.5. The molecule has 0 aliphatic carbocycles. The maximum atomic E-state index is 7.95. The van der Waals surface area contributed by atoms with E-state index in [1.54, 1.807) is 0 Å². The Morgan fingerprint density at radius 3 is 3.00 bits per heavy atom. The highest BCUT2D eigenvalue weighted by molar-refractivity contribution is 5.65. The van der Waals surface area contributed by atoms with Crippen molar-refractivity contribution in [3.8, 4) is 0 Å². The Kier molecular flexibility index (Phi) is 1.25. The fourth-order valence-electron chi connectivity index (χ4n) is 1.56. The summed E-state index contributed by atoms with van der Waals surface area (Å²) in [6.45, 7) is 5.96. The predicted octanol–water partition coefficient (Wildman–Crippen LogP) is 2.50. The summed E-state index contributed by atoms with van der Waals surface area (Å²) in [7, 11) is 1.97. The summed E-state index contributed by atoms with van der Waals surface area (Å²) in [6.07, 6.45) is -0.277. The molecule has 0 saturated heterocycles. The number of rotatable bonds is 0. The molecule has 0 fully saturated rings. The van der Waals surface area contributed by atoms with E-state index < -0.39 is 0 Å². The van der Waals surface area contributed by atoms with Gasteiger partial charge in [0.1, 0.15) is 0 Å². The Labute approximate surface area is 74.7 Å². The quantitative estimate of drug-likeness (QED) is 0.565. The minimum Gasteiger partial charge on any atom is -0.348 e. The molecule has 1 aliphatic heterocycles. The second kappa shape index (κ2) is 2.37. The number of likely N-dealkylation sites (N-methyl/N-ethyl adjacent to an activating group) is 1. The monoisotopic (exact) mass is 161 g/mol. The van der Waals surface area contributed by atoms with Crippen LogP contribution in [0.5, 0.6) is 0 Å². The van der Waals surface area contributed by atoms with Crippen LogP contribution in [0.1, 0.15) is 12.5 Å². The van der Waals surface area contributed by atoms with E-state index in [0.29, 0.717) is 0 Å². The number of fused-ring (bicyclic) bond motifs is 1. The first-order valence-corrected chi connectivity index (χ1v) is 4.07. The van der Waals surface area contributed by atoms with Gasteiger partial charge in [-0.3, -0.25) is 0 Å². The average Bonchev–Trinajstić information content (AvgIpc) is 2.33. The van der Waals surface area contributed by atoms with Crippen LogP contribution in [0.25, 0.3) is 0 Å². The van der Waals surface area contributed by atoms with Crippen molar-refractivity contribution in [2.75, 3.05) is 11.9 Å². The fourth-order valence-corrected chi connectivity index (χ4v) is 1.56. The molecule has 1 aromatic carbocycles. The molecule has 1 aromatic rings. The van der Waals surface area contributed by atoms with Crippen LogP contribution in [0.2, 0.25) is 0 Å². The number of anilines is 1. The van der Waals surface area contributed by atoms with E-state index in [2.05, 4.69) is 6.58 Å². The standard InChI is InChI=1S/C11H13N/c1-8-5-4-6-11-10(8)7-9(2)12(11)3/h4-6H,2,7H2,1,3H3/i7T. The highest BCUT2D eigenvalue weighted by atomic mass is 15.1. The van der Waals surface area contributed by atoms with Crippen LogP contribution >= 0.6 is 0 Å². The highest BCUT2D eigenvalue weighted by Gasteiger charge is 2.19. The molecular formula is C11H13N. The average molecular weight is 161 g/mol. The van der Waals surface area contributed by atoms with E-state index in [4.69, 9.17) is 1.37 Å². The summed E-state index contributed by atoms with van der Waals surface area (Å²) in [5, 5.41) is 0. The second-order valence-electron chi connectivity index (χ2n) is 3.20. The number of hydrogen-bond acceptors (Lipinski definition) is 1. The Morgan fingerprint density at radius 1 is 1.58 bits per heavy atom. The Morgan fingerprint density at radius 2 is 2.33 bits per heavy atom. The Bertz CT molecular complexity index is 370. The van der Waals surface area contributed by atoms with Crippen LogP contribution in [-0.2, 0) is 6.40 Å². The van der Waals surface area contributed by atoms with Gasteiger partial charge in [-0.1, -0.05) is 18.7 Å². The number of nitrogens with zero attached hydrogens (tertiary/aromatic N) is 1. The maximum Gasteiger partial charge on any atom is 0.0444 e. The molecule has 0 amide bonds. The van der Waals surface area contributed by atoms with Crippen molar-refractivity contribution in [2.24, 2.45) is 0 Å². The molecule has 0 spiro atoms. The number of hydrogen-bond donors (Lipinski definition) is 0. The minimum absolute atomic E-state index is 0.277. The Hall–Kier alpha value is -1.24. The van der Waals surface area contributed by atoms with E-state index in [1.165, 1.54) is 5.56 Å². The van der Waals surface area contributed by atoms with Crippen molar-refractivity contribution in [3.05, 3.63) is 41.6 Å². The predicted molar refractivity (Wildman–Crippen MR) is 52.4 cm³/mol. The summed E-state index contributed by atoms with van der Waals surface area (Å²) in [6, 6.07) is 6.12. The zero-order chi connectivity index (χ0) is 9.59. The molecule has 1 aliphatic rings. The van der Waals surface area contributed by atoms with Gasteiger partial charge in [-0.25, -0.2) is 0 Å². The van der Waals surface area contributed by atoms with E-state index in [1.807, 2.05) is 37.1 Å². The molecule has 1 unspecified atom stereocenters. The van der Waals surface area contributed by atoms with Crippen molar-refractivity contribution in [1.82, 2.24) is 0 Å². The summed E-state index contributed by atoms with van der Waals surface area (Å²) in [5.74, 6) is 0. The van der Waals surface area contributed by atoms with Crippen molar-refractivity contribution < 1.29 is 1.37 Å². The molecule has 12 heavy (non-hydrogen) atoms. The topological polar surface area (TPSA) is 3.24 Å². The van der Waals surface area contributed by atoms with Gasteiger partial charge in [-0.15, -0.1) is 0 Å². The van der Waals surface area contributed by atoms with E-state index in [-0.39, 0.29) is 6.40 Å². The van der Waals surface area contributed by atoms with Crippen LogP contribution in [0.3, 0.4) is 0 Å². The van der Waals surface area contributed by atoms with Crippen LogP contribution in [0, 0.1) is 6.92 Å². The van der Waals surface area contributed by atoms with Gasteiger partial charge in [0.25, 0.3) is 0 Å². The van der Waals surface area contributed by atoms with Gasteiger partial charge < -0.3 is 4.90 Å². The molecular weight excluding hydrogens is 146 g/mol. The number of benzene rings is 1. The molecule has 62 valence electrons. The van der Waals surface area contributed by atoms with Crippen molar-refractivity contribution in [3.63, 3.8) is 0 Å². The summed E-state index contributed by atoms with van der Waals surface area (Å²) >= 11 is 0. The van der Waals surface area contributed by atoms with E-state index in [9.17, 15) is 0 Å². The van der Waals surface area contributed by atoms with Gasteiger partial charge in [0.15, 0.2) is 0 Å². The van der Waals surface area contributed by atoms with Crippen LogP contribution < -0.4 is 4.90 Å². The van der Waals surface area contributed by atoms with Gasteiger partial charge in [0.2, 0.25) is 0 Å². The third-order valence-electron chi connectivity index (χ3n) is 2.40. The summed E-state index contributed by atoms with van der Waals surface area (Å²) in [5.41, 5.74) is 4.28. The van der Waals surface area contributed by atoms with Gasteiger partial charge in [0, 0.05) is 26.2 Å². The maximum absolute atomic E-state index is 7.95. The molecule has 1 nitrogen and oxygen atoms in total. The van der Waals surface area contributed by atoms with Crippen LogP contribution in [0.15, 0.2) is 30.5 Å². The van der Waals surface area contributed by atoms with Crippen molar-refractivity contribution in [1.29, 1.82) is 0 Å². The lowest BCUT2D eigenvalue weighted by molar-refractivity contribution is 1.11. The first-order valence-electron chi connectivity index (χ1n) is 4.65. The Balaban J connectivity index is 2.66. The first-order chi connectivity index (χ1) is 6.13. The van der Waals surface area contributed by atoms with Crippen molar-refractivity contribution in [2.45, 2.75) is 13.3 Å². The first kappa shape index (κ1) is 6.30. The lowest BCUT2D eigenvalue weighted by Gasteiger charge is -2.13. The van der Waals surface area contributed by atoms with Gasteiger partial charge >= 0.3 is 0 Å². The lowest BCUT2D eigenvalue weighted by Crippen LogP contribution is -2.09. The molecule has 0 N–H and O–H groups in total. The highest BCUT2D eigenvalue weighted by Crippen LogP contribution is 2.33. The molecule has 1 heteroatoms. The third-order valence-corrected chi connectivity index (χ3v) is 2.40. The third kappa shape index (κ3) is 0.860. The van der Waals surface area contributed by atoms with E-state index in [0.717, 1.165) is 16.9 Å². The zero-order valence-electron chi connectivity index (χ0n) is 8.46. The fraction of sp³-hybridized carbons (Fsp3) is 0.273. The summed E-state index contributed by atoms with van der Waals surface area (Å²) in [4.78, 5) is 2.00. The molecule has 0 aromatic heterocycles. The SMILES string of the molecule is [3H]C1C(=C)N(C)c2cccc(C)c21. The molecule has 0 bridgehead atoms. The van der Waals surface area contributed by atoms with Gasteiger partial charge in [0.05, 0.1) is 0 Å². The largest absolute Gasteiger partial charge is 0.348 e. The molecule has 2 rings (SSSR count). The lowest BCUT2D eigenvalue weighted by atomic mass is 10.1.